The van der Waals surface area contributed by atoms with Crippen molar-refractivity contribution in [1.29, 1.82) is 0 Å². The third-order valence-electron chi connectivity index (χ3n) is 4.35. The molecule has 4 heteroatoms. The Kier molecular flexibility index (Phi) is 9.17. The van der Waals surface area contributed by atoms with Crippen LogP contribution in [0.25, 0.3) is 0 Å². The van der Waals surface area contributed by atoms with E-state index < -0.39 is 0 Å². The fraction of sp³-hybridized carbons (Fsp3) is 0.611. The van der Waals surface area contributed by atoms with E-state index in [1.54, 1.807) is 0 Å². The average molecular weight is 325 g/mol. The Bertz CT molecular complexity index is 418. The summed E-state index contributed by atoms with van der Waals surface area (Å²) in [7, 11) is 0. The van der Waals surface area contributed by atoms with Gasteiger partial charge in [-0.25, -0.2) is 0 Å². The smallest absolute Gasteiger partial charge is 0.220 e. The van der Waals surface area contributed by atoms with Gasteiger partial charge in [0.2, 0.25) is 5.91 Å². The van der Waals surface area contributed by atoms with E-state index in [1.165, 1.54) is 18.4 Å². The van der Waals surface area contributed by atoms with Gasteiger partial charge in [0, 0.05) is 6.42 Å². The van der Waals surface area contributed by atoms with Gasteiger partial charge < -0.3 is 10.6 Å². The summed E-state index contributed by atoms with van der Waals surface area (Å²) in [5.74, 6) is 0.925. The molecule has 0 bridgehead atoms. The number of rotatable bonds is 7. The first kappa shape index (κ1) is 19.0. The van der Waals surface area contributed by atoms with E-state index in [4.69, 9.17) is 0 Å². The van der Waals surface area contributed by atoms with Crippen LogP contribution in [0.3, 0.4) is 0 Å². The highest BCUT2D eigenvalue weighted by Crippen LogP contribution is 2.20. The zero-order valence-electron chi connectivity index (χ0n) is 13.5. The third kappa shape index (κ3) is 6.37. The lowest BCUT2D eigenvalue weighted by Gasteiger charge is -2.23. The van der Waals surface area contributed by atoms with Crippen LogP contribution in [0, 0.1) is 5.92 Å². The van der Waals surface area contributed by atoms with Gasteiger partial charge in [0.05, 0.1) is 6.04 Å². The van der Waals surface area contributed by atoms with Crippen molar-refractivity contribution in [3.63, 3.8) is 0 Å². The minimum absolute atomic E-state index is 0. The summed E-state index contributed by atoms with van der Waals surface area (Å²) < 4.78 is 0. The number of amides is 1. The molecule has 1 heterocycles. The zero-order valence-corrected chi connectivity index (χ0v) is 14.3. The molecular formula is C18H29ClN2O. The summed E-state index contributed by atoms with van der Waals surface area (Å²) in [4.78, 5) is 12.2. The number of piperidine rings is 1. The van der Waals surface area contributed by atoms with Crippen LogP contribution in [-0.2, 0) is 4.79 Å². The number of halogens is 1. The molecule has 1 aromatic carbocycles. The highest BCUT2D eigenvalue weighted by Gasteiger charge is 2.17. The van der Waals surface area contributed by atoms with Gasteiger partial charge >= 0.3 is 0 Å². The van der Waals surface area contributed by atoms with Crippen LogP contribution in [0.15, 0.2) is 30.3 Å². The van der Waals surface area contributed by atoms with Crippen molar-refractivity contribution in [2.45, 2.75) is 51.5 Å². The largest absolute Gasteiger partial charge is 0.349 e. The summed E-state index contributed by atoms with van der Waals surface area (Å²) in [6.45, 7) is 4.38. The van der Waals surface area contributed by atoms with Crippen molar-refractivity contribution in [3.8, 4) is 0 Å². The SMILES string of the molecule is CCCC(NC(=O)CCC1CCNCC1)c1ccccc1.Cl. The molecule has 22 heavy (non-hydrogen) atoms. The fourth-order valence-electron chi connectivity index (χ4n) is 3.07. The molecule has 1 aromatic rings. The molecule has 1 aliphatic heterocycles. The molecule has 1 amide bonds. The fourth-order valence-corrected chi connectivity index (χ4v) is 3.07. The molecule has 2 rings (SSSR count). The minimum atomic E-state index is 0. The average Bonchev–Trinajstić information content (AvgIpc) is 2.54. The van der Waals surface area contributed by atoms with Gasteiger partial charge in [-0.2, -0.15) is 0 Å². The quantitative estimate of drug-likeness (QED) is 0.800. The van der Waals surface area contributed by atoms with Crippen LogP contribution in [0.5, 0.6) is 0 Å². The van der Waals surface area contributed by atoms with Crippen molar-refractivity contribution in [2.75, 3.05) is 13.1 Å². The second kappa shape index (κ2) is 10.6. The molecule has 1 saturated heterocycles. The molecule has 2 N–H and O–H groups in total. The summed E-state index contributed by atoms with van der Waals surface area (Å²) in [5.41, 5.74) is 1.22. The number of nitrogens with one attached hydrogen (secondary N) is 2. The number of carbonyl (C=O) groups excluding carboxylic acids is 1. The van der Waals surface area contributed by atoms with Gasteiger partial charge in [-0.1, -0.05) is 43.7 Å². The monoisotopic (exact) mass is 324 g/mol. The van der Waals surface area contributed by atoms with Gasteiger partial charge in [0.25, 0.3) is 0 Å². The molecule has 0 aliphatic carbocycles. The lowest BCUT2D eigenvalue weighted by Crippen LogP contribution is -2.31. The molecular weight excluding hydrogens is 296 g/mol. The van der Waals surface area contributed by atoms with Gasteiger partial charge in [-0.3, -0.25) is 4.79 Å². The van der Waals surface area contributed by atoms with Crippen LogP contribution < -0.4 is 10.6 Å². The highest BCUT2D eigenvalue weighted by molar-refractivity contribution is 5.85. The lowest BCUT2D eigenvalue weighted by molar-refractivity contribution is -0.122. The summed E-state index contributed by atoms with van der Waals surface area (Å²) in [6.07, 6.45) is 6.20. The van der Waals surface area contributed by atoms with Gasteiger partial charge in [-0.05, 0) is 50.3 Å². The maximum atomic E-state index is 12.2. The molecule has 1 fully saturated rings. The predicted molar refractivity (Wildman–Crippen MR) is 94.3 cm³/mol. The van der Waals surface area contributed by atoms with E-state index in [1.807, 2.05) is 18.2 Å². The van der Waals surface area contributed by atoms with Crippen LogP contribution >= 0.6 is 12.4 Å². The van der Waals surface area contributed by atoms with Crippen LogP contribution in [0.2, 0.25) is 0 Å². The number of hydrogen-bond donors (Lipinski definition) is 2. The van der Waals surface area contributed by atoms with E-state index >= 15 is 0 Å². The van der Waals surface area contributed by atoms with Crippen LogP contribution in [0.1, 0.15) is 57.1 Å². The molecule has 0 spiro atoms. The van der Waals surface area contributed by atoms with Crippen LogP contribution in [-0.4, -0.2) is 19.0 Å². The molecule has 0 radical (unpaired) electrons. The molecule has 0 saturated carbocycles. The molecule has 3 nitrogen and oxygen atoms in total. The molecule has 124 valence electrons. The van der Waals surface area contributed by atoms with E-state index in [-0.39, 0.29) is 24.4 Å². The van der Waals surface area contributed by atoms with Crippen molar-refractivity contribution in [3.05, 3.63) is 35.9 Å². The first-order valence-corrected chi connectivity index (χ1v) is 8.34. The minimum Gasteiger partial charge on any atom is -0.349 e. The lowest BCUT2D eigenvalue weighted by atomic mass is 9.93. The second-order valence-corrected chi connectivity index (χ2v) is 6.05. The Morgan fingerprint density at radius 1 is 1.27 bits per heavy atom. The first-order valence-electron chi connectivity index (χ1n) is 8.34. The third-order valence-corrected chi connectivity index (χ3v) is 4.35. The number of hydrogen-bond acceptors (Lipinski definition) is 2. The Labute approximate surface area is 140 Å². The Balaban J connectivity index is 0.00000242. The Morgan fingerprint density at radius 2 is 1.95 bits per heavy atom. The first-order chi connectivity index (χ1) is 10.3. The Morgan fingerprint density at radius 3 is 2.59 bits per heavy atom. The zero-order chi connectivity index (χ0) is 14.9. The van der Waals surface area contributed by atoms with E-state index in [9.17, 15) is 4.79 Å². The number of carbonyl (C=O) groups is 1. The van der Waals surface area contributed by atoms with E-state index in [2.05, 4.69) is 29.7 Å². The summed E-state index contributed by atoms with van der Waals surface area (Å²) in [6, 6.07) is 10.5. The molecule has 1 unspecified atom stereocenters. The van der Waals surface area contributed by atoms with Gasteiger partial charge in [-0.15, -0.1) is 12.4 Å². The topological polar surface area (TPSA) is 41.1 Å². The summed E-state index contributed by atoms with van der Waals surface area (Å²) >= 11 is 0. The van der Waals surface area contributed by atoms with E-state index in [0.29, 0.717) is 6.42 Å². The van der Waals surface area contributed by atoms with Crippen LogP contribution in [0.4, 0.5) is 0 Å². The molecule has 1 aliphatic rings. The van der Waals surface area contributed by atoms with Gasteiger partial charge in [0.15, 0.2) is 0 Å². The van der Waals surface area contributed by atoms with Crippen molar-refractivity contribution in [2.24, 2.45) is 5.92 Å². The number of benzene rings is 1. The predicted octanol–water partition coefficient (Wildman–Crippen LogP) is 3.85. The second-order valence-electron chi connectivity index (χ2n) is 6.05. The standard InChI is InChI=1S/C18H28N2O.ClH/c1-2-6-17(16-7-4-3-5-8-16)20-18(21)10-9-15-11-13-19-14-12-15;/h3-5,7-8,15,17,19H,2,6,9-14H2,1H3,(H,20,21);1H. The van der Waals surface area contributed by atoms with E-state index in [0.717, 1.165) is 38.3 Å². The Hall–Kier alpha value is -1.06. The molecule has 1 atom stereocenters. The van der Waals surface area contributed by atoms with Gasteiger partial charge in [0.1, 0.15) is 0 Å². The maximum Gasteiger partial charge on any atom is 0.220 e. The van der Waals surface area contributed by atoms with Crippen molar-refractivity contribution >= 4 is 18.3 Å². The molecule has 0 aromatic heterocycles. The van der Waals surface area contributed by atoms with Crippen molar-refractivity contribution in [1.82, 2.24) is 10.6 Å². The normalized spacial score (nSPS) is 16.6. The maximum absolute atomic E-state index is 12.2. The summed E-state index contributed by atoms with van der Waals surface area (Å²) in [5, 5.41) is 6.59. The van der Waals surface area contributed by atoms with Crippen molar-refractivity contribution < 1.29 is 4.79 Å². The highest BCUT2D eigenvalue weighted by atomic mass is 35.5.